The Labute approximate surface area is 153 Å². The Morgan fingerprint density at radius 1 is 1.42 bits per heavy atom. The molecule has 0 aliphatic heterocycles. The van der Waals surface area contributed by atoms with Gasteiger partial charge in [0.1, 0.15) is 18.0 Å². The van der Waals surface area contributed by atoms with Crippen molar-refractivity contribution in [1.29, 1.82) is 0 Å². The van der Waals surface area contributed by atoms with E-state index in [4.69, 9.17) is 4.74 Å². The highest BCUT2D eigenvalue weighted by molar-refractivity contribution is 5.79. The van der Waals surface area contributed by atoms with Crippen molar-refractivity contribution in [2.24, 2.45) is 4.99 Å². The minimum atomic E-state index is -0.235. The molecule has 26 heavy (non-hydrogen) atoms. The molecule has 0 spiro atoms. The SMILES string of the molecule is CCc1nncn1CCNC(=NCCOC)N(C)Cc1cccc(F)c1. The number of halogens is 1. The fourth-order valence-corrected chi connectivity index (χ4v) is 2.57. The quantitative estimate of drug-likeness (QED) is 0.418. The van der Waals surface area contributed by atoms with Crippen molar-refractivity contribution in [2.75, 3.05) is 33.9 Å². The number of aromatic nitrogens is 3. The summed E-state index contributed by atoms with van der Waals surface area (Å²) in [6.07, 6.45) is 2.58. The fourth-order valence-electron chi connectivity index (χ4n) is 2.57. The molecule has 1 heterocycles. The average Bonchev–Trinajstić information content (AvgIpc) is 3.08. The van der Waals surface area contributed by atoms with Crippen LogP contribution in [0.25, 0.3) is 0 Å². The molecule has 0 radical (unpaired) electrons. The first kappa shape index (κ1) is 19.8. The minimum Gasteiger partial charge on any atom is -0.383 e. The normalized spacial score (nSPS) is 11.6. The molecule has 0 saturated heterocycles. The van der Waals surface area contributed by atoms with Gasteiger partial charge in [0, 0.05) is 40.2 Å². The van der Waals surface area contributed by atoms with Gasteiger partial charge in [0.25, 0.3) is 0 Å². The molecule has 0 bridgehead atoms. The number of aryl methyl sites for hydroxylation is 1. The van der Waals surface area contributed by atoms with Crippen molar-refractivity contribution in [1.82, 2.24) is 25.0 Å². The van der Waals surface area contributed by atoms with Crippen molar-refractivity contribution in [2.45, 2.75) is 26.4 Å². The number of hydrogen-bond donors (Lipinski definition) is 1. The van der Waals surface area contributed by atoms with Gasteiger partial charge >= 0.3 is 0 Å². The van der Waals surface area contributed by atoms with E-state index >= 15 is 0 Å². The van der Waals surface area contributed by atoms with Gasteiger partial charge in [0.15, 0.2) is 5.96 Å². The molecule has 1 aromatic carbocycles. The van der Waals surface area contributed by atoms with Crippen LogP contribution < -0.4 is 5.32 Å². The van der Waals surface area contributed by atoms with Crippen molar-refractivity contribution in [3.8, 4) is 0 Å². The van der Waals surface area contributed by atoms with Crippen LogP contribution in [0, 0.1) is 5.82 Å². The van der Waals surface area contributed by atoms with E-state index in [0.717, 1.165) is 30.3 Å². The van der Waals surface area contributed by atoms with Crippen LogP contribution in [0.5, 0.6) is 0 Å². The minimum absolute atomic E-state index is 0.235. The molecule has 2 rings (SSSR count). The van der Waals surface area contributed by atoms with Crippen molar-refractivity contribution < 1.29 is 9.13 Å². The van der Waals surface area contributed by atoms with Crippen LogP contribution in [0.1, 0.15) is 18.3 Å². The van der Waals surface area contributed by atoms with E-state index < -0.39 is 0 Å². The van der Waals surface area contributed by atoms with Gasteiger partial charge in [-0.15, -0.1) is 10.2 Å². The molecule has 0 fully saturated rings. The first-order valence-electron chi connectivity index (χ1n) is 8.73. The summed E-state index contributed by atoms with van der Waals surface area (Å²) in [5.74, 6) is 1.47. The van der Waals surface area contributed by atoms with Crippen molar-refractivity contribution in [3.05, 3.63) is 47.8 Å². The molecule has 0 aliphatic carbocycles. The molecule has 0 atom stereocenters. The van der Waals surface area contributed by atoms with Crippen molar-refractivity contribution >= 4 is 5.96 Å². The lowest BCUT2D eigenvalue weighted by Crippen LogP contribution is -2.40. The van der Waals surface area contributed by atoms with E-state index in [0.29, 0.717) is 26.2 Å². The molecule has 0 saturated carbocycles. The molecule has 0 amide bonds. The molecular formula is C18H27FN6O. The number of hydrogen-bond acceptors (Lipinski definition) is 4. The average molecular weight is 362 g/mol. The predicted molar refractivity (Wildman–Crippen MR) is 99.4 cm³/mol. The van der Waals surface area contributed by atoms with E-state index in [1.807, 2.05) is 22.6 Å². The first-order chi connectivity index (χ1) is 12.6. The molecule has 7 nitrogen and oxygen atoms in total. The number of rotatable bonds is 9. The van der Waals surface area contributed by atoms with Gasteiger partial charge < -0.3 is 19.5 Å². The van der Waals surface area contributed by atoms with Crippen LogP contribution >= 0.6 is 0 Å². The summed E-state index contributed by atoms with van der Waals surface area (Å²) in [6, 6.07) is 6.59. The Kier molecular flexibility index (Phi) is 8.01. The van der Waals surface area contributed by atoms with Gasteiger partial charge in [0.05, 0.1) is 13.2 Å². The highest BCUT2D eigenvalue weighted by Gasteiger charge is 2.08. The summed E-state index contributed by atoms with van der Waals surface area (Å²) in [5, 5.41) is 11.4. The van der Waals surface area contributed by atoms with Gasteiger partial charge in [0.2, 0.25) is 0 Å². The number of guanidine groups is 1. The monoisotopic (exact) mass is 362 g/mol. The van der Waals surface area contributed by atoms with Crippen LogP contribution in [-0.4, -0.2) is 59.5 Å². The summed E-state index contributed by atoms with van der Waals surface area (Å²) >= 11 is 0. The third-order valence-electron chi connectivity index (χ3n) is 3.88. The van der Waals surface area contributed by atoms with Gasteiger partial charge in [-0.05, 0) is 17.7 Å². The lowest BCUT2D eigenvalue weighted by atomic mass is 10.2. The van der Waals surface area contributed by atoms with Gasteiger partial charge in [-0.25, -0.2) is 4.39 Å². The number of aliphatic imine (C=N–C) groups is 1. The second-order valence-electron chi connectivity index (χ2n) is 5.91. The molecule has 0 unspecified atom stereocenters. The Balaban J connectivity index is 1.96. The number of ether oxygens (including phenoxy) is 1. The molecule has 1 N–H and O–H groups in total. The molecular weight excluding hydrogens is 335 g/mol. The van der Waals surface area contributed by atoms with Crippen LogP contribution in [0.15, 0.2) is 35.6 Å². The lowest BCUT2D eigenvalue weighted by Gasteiger charge is -2.23. The summed E-state index contributed by atoms with van der Waals surface area (Å²) in [5.41, 5.74) is 0.890. The Hall–Kier alpha value is -2.48. The summed E-state index contributed by atoms with van der Waals surface area (Å²) < 4.78 is 20.5. The third kappa shape index (κ3) is 6.11. The van der Waals surface area contributed by atoms with Crippen LogP contribution in [-0.2, 0) is 24.2 Å². The molecule has 142 valence electrons. The smallest absolute Gasteiger partial charge is 0.194 e. The number of benzene rings is 1. The van der Waals surface area contributed by atoms with Gasteiger partial charge in [-0.3, -0.25) is 4.99 Å². The Morgan fingerprint density at radius 3 is 3.00 bits per heavy atom. The number of nitrogens with zero attached hydrogens (tertiary/aromatic N) is 5. The molecule has 2 aromatic rings. The molecule has 8 heteroatoms. The van der Waals surface area contributed by atoms with E-state index in [1.165, 1.54) is 12.1 Å². The highest BCUT2D eigenvalue weighted by Crippen LogP contribution is 2.06. The second-order valence-corrected chi connectivity index (χ2v) is 5.91. The summed E-state index contributed by atoms with van der Waals surface area (Å²) in [7, 11) is 3.58. The zero-order valence-corrected chi connectivity index (χ0v) is 15.7. The summed E-state index contributed by atoms with van der Waals surface area (Å²) in [4.78, 5) is 6.54. The Bertz CT molecular complexity index is 702. The maximum atomic E-state index is 13.4. The maximum Gasteiger partial charge on any atom is 0.194 e. The first-order valence-corrected chi connectivity index (χ1v) is 8.73. The van der Waals surface area contributed by atoms with Crippen molar-refractivity contribution in [3.63, 3.8) is 0 Å². The maximum absolute atomic E-state index is 13.4. The second kappa shape index (κ2) is 10.5. The summed E-state index contributed by atoms with van der Waals surface area (Å²) in [6.45, 7) is 5.14. The third-order valence-corrected chi connectivity index (χ3v) is 3.88. The van der Waals surface area contributed by atoms with Crippen LogP contribution in [0.3, 0.4) is 0 Å². The van der Waals surface area contributed by atoms with E-state index in [-0.39, 0.29) is 5.82 Å². The number of methoxy groups -OCH3 is 1. The number of nitrogens with one attached hydrogen (secondary N) is 1. The zero-order valence-electron chi connectivity index (χ0n) is 15.7. The largest absolute Gasteiger partial charge is 0.383 e. The highest BCUT2D eigenvalue weighted by atomic mass is 19.1. The van der Waals surface area contributed by atoms with Crippen LogP contribution in [0.2, 0.25) is 0 Å². The molecule has 0 aliphatic rings. The molecule has 1 aromatic heterocycles. The van der Waals surface area contributed by atoms with E-state index in [1.54, 1.807) is 19.5 Å². The van der Waals surface area contributed by atoms with Crippen LogP contribution in [0.4, 0.5) is 4.39 Å². The fraction of sp³-hybridized carbons (Fsp3) is 0.500. The standard InChI is InChI=1S/C18H27FN6O/c1-4-17-23-22-14-25(17)10-8-20-18(21-9-11-26-3)24(2)13-15-6-5-7-16(19)12-15/h5-7,12,14H,4,8-11,13H2,1-3H3,(H,20,21). The topological polar surface area (TPSA) is 67.6 Å². The zero-order chi connectivity index (χ0) is 18.8. The Morgan fingerprint density at radius 2 is 2.27 bits per heavy atom. The predicted octanol–water partition coefficient (Wildman–Crippen LogP) is 1.70. The van der Waals surface area contributed by atoms with E-state index in [9.17, 15) is 4.39 Å². The van der Waals surface area contributed by atoms with E-state index in [2.05, 4.69) is 27.4 Å². The van der Waals surface area contributed by atoms with Gasteiger partial charge in [-0.1, -0.05) is 19.1 Å². The lowest BCUT2D eigenvalue weighted by molar-refractivity contribution is 0.207. The van der Waals surface area contributed by atoms with Gasteiger partial charge in [-0.2, -0.15) is 0 Å².